The van der Waals surface area contributed by atoms with E-state index in [2.05, 4.69) is 66.2 Å². The Hall–Kier alpha value is 2.46. The van der Waals surface area contributed by atoms with Crippen molar-refractivity contribution in [3.63, 3.8) is 0 Å². The molecule has 0 aliphatic heterocycles. The van der Waals surface area contributed by atoms with Gasteiger partial charge in [0.2, 0.25) is 0 Å². The largest absolute Gasteiger partial charge is 2.00 e. The molecule has 0 aromatic heterocycles. The molecule has 0 saturated heterocycles. The summed E-state index contributed by atoms with van der Waals surface area (Å²) in [7, 11) is 5.82. The van der Waals surface area contributed by atoms with Crippen molar-refractivity contribution in [3.05, 3.63) is 0 Å². The summed E-state index contributed by atoms with van der Waals surface area (Å²) in [5.74, 6) is 0. The van der Waals surface area contributed by atoms with Gasteiger partial charge >= 0.3 is 19.5 Å². The van der Waals surface area contributed by atoms with E-state index in [1.807, 2.05) is 0 Å². The van der Waals surface area contributed by atoms with Crippen LogP contribution in [-0.2, 0) is 85.7 Å². The Morgan fingerprint density at radius 2 is 0.875 bits per heavy atom. The summed E-state index contributed by atoms with van der Waals surface area (Å²) in [5.41, 5.74) is -4.48. The standard InChI is InChI=1S/2C2H7O2PS2.CH4.Zn/c2*1-3-5(6,7)4-2;;/h2*1-2H3,(H,6,7);1H4;/q;;;+2/p-2. The number of rotatable bonds is 4. The van der Waals surface area contributed by atoms with Crippen LogP contribution in [0, 0.1) is 0 Å². The van der Waals surface area contributed by atoms with E-state index in [0.29, 0.717) is 0 Å². The Bertz CT molecular complexity index is 202. The van der Waals surface area contributed by atoms with Crippen LogP contribution in [-0.4, -0.2) is 28.4 Å². The minimum Gasteiger partial charge on any atom is -0.691 e. The third kappa shape index (κ3) is 18.8. The first-order chi connectivity index (χ1) is 6.24. The van der Waals surface area contributed by atoms with Gasteiger partial charge in [0.25, 0.3) is 0 Å². The van der Waals surface area contributed by atoms with Gasteiger partial charge < -0.3 is 42.6 Å². The van der Waals surface area contributed by atoms with E-state index in [0.717, 1.165) is 0 Å². The molecule has 0 N–H and O–H groups in total. The van der Waals surface area contributed by atoms with Gasteiger partial charge in [-0.15, -0.1) is 0 Å². The van der Waals surface area contributed by atoms with E-state index in [-0.39, 0.29) is 26.9 Å². The quantitative estimate of drug-likeness (QED) is 0.408. The van der Waals surface area contributed by atoms with Gasteiger partial charge in [-0.05, 0) is 0 Å². The molecule has 0 atom stereocenters. The van der Waals surface area contributed by atoms with Gasteiger partial charge in [-0.3, -0.25) is 0 Å². The number of hydrogen-bond acceptors (Lipinski definition) is 8. The zero-order chi connectivity index (χ0) is 11.8. The first-order valence-corrected chi connectivity index (χ1v) is 10.4. The van der Waals surface area contributed by atoms with E-state index in [1.165, 1.54) is 28.4 Å². The summed E-state index contributed by atoms with van der Waals surface area (Å²) >= 11 is 18.5. The molecule has 0 bridgehead atoms. The van der Waals surface area contributed by atoms with Crippen molar-refractivity contribution in [2.75, 3.05) is 28.4 Å². The van der Waals surface area contributed by atoms with E-state index in [1.54, 1.807) is 0 Å². The van der Waals surface area contributed by atoms with Crippen molar-refractivity contribution < 1.29 is 37.6 Å². The van der Waals surface area contributed by atoms with Gasteiger partial charge in [-0.1, -0.05) is 31.0 Å². The molecule has 0 rings (SSSR count). The van der Waals surface area contributed by atoms with E-state index < -0.39 is 11.4 Å². The third-order valence-corrected chi connectivity index (χ3v) is 6.26. The SMILES string of the molecule is C.COP(=S)([S-])OC.COP(=S)([S-])OC.[Zn+2]. The van der Waals surface area contributed by atoms with E-state index >= 15 is 0 Å². The molecule has 0 fully saturated rings. The maximum absolute atomic E-state index is 4.63. The second kappa shape index (κ2) is 13.9. The summed E-state index contributed by atoms with van der Waals surface area (Å²) in [6, 6.07) is 0. The summed E-state index contributed by atoms with van der Waals surface area (Å²) < 4.78 is 18.4. The van der Waals surface area contributed by atoms with Crippen LogP contribution in [0.15, 0.2) is 0 Å². The fraction of sp³-hybridized carbons (Fsp3) is 1.00. The Labute approximate surface area is 132 Å². The summed E-state index contributed by atoms with van der Waals surface area (Å²) in [4.78, 5) is 0. The van der Waals surface area contributed by atoms with E-state index in [9.17, 15) is 0 Å². The molecule has 0 aliphatic rings. The molecule has 0 radical (unpaired) electrons. The Morgan fingerprint density at radius 3 is 0.875 bits per heavy atom. The first-order valence-electron chi connectivity index (χ1n) is 3.09. The van der Waals surface area contributed by atoms with Crippen LogP contribution in [0.1, 0.15) is 7.43 Å². The third-order valence-electron chi connectivity index (χ3n) is 0.894. The Morgan fingerprint density at radius 1 is 0.750 bits per heavy atom. The van der Waals surface area contributed by atoms with E-state index in [4.69, 9.17) is 0 Å². The van der Waals surface area contributed by atoms with Crippen LogP contribution in [0.25, 0.3) is 0 Å². The van der Waals surface area contributed by atoms with Crippen LogP contribution in [0.5, 0.6) is 0 Å². The molecule has 96 valence electrons. The fourth-order valence-corrected chi connectivity index (χ4v) is 0.447. The Kier molecular flexibility index (Phi) is 23.4. The first kappa shape index (κ1) is 26.9. The molecular formula is C5H16O4P2S4Zn. The maximum Gasteiger partial charge on any atom is 2.00 e. The minimum absolute atomic E-state index is 0. The van der Waals surface area contributed by atoms with Crippen molar-refractivity contribution in [2.24, 2.45) is 0 Å². The monoisotopic (exact) mass is 394 g/mol. The predicted molar refractivity (Wildman–Crippen MR) is 78.1 cm³/mol. The molecule has 0 aromatic rings. The molecule has 4 nitrogen and oxygen atoms in total. The molecular weight excluding hydrogens is 380 g/mol. The normalized spacial score (nSPS) is 10.4. The molecule has 0 saturated carbocycles. The van der Waals surface area contributed by atoms with Crippen LogP contribution in [0.3, 0.4) is 0 Å². The van der Waals surface area contributed by atoms with Crippen LogP contribution >= 0.6 is 11.4 Å². The van der Waals surface area contributed by atoms with Crippen molar-refractivity contribution in [1.29, 1.82) is 0 Å². The van der Waals surface area contributed by atoms with Gasteiger partial charge in [-0.25, -0.2) is 0 Å². The van der Waals surface area contributed by atoms with Gasteiger partial charge in [-0.2, -0.15) is 0 Å². The van der Waals surface area contributed by atoms with Crippen molar-refractivity contribution in [2.45, 2.75) is 7.43 Å². The summed E-state index contributed by atoms with van der Waals surface area (Å²) in [5, 5.41) is 0. The Balaban J connectivity index is -0.0000000800. The summed E-state index contributed by atoms with van der Waals surface area (Å²) in [6.45, 7) is 0. The fourth-order valence-electron chi connectivity index (χ4n) is 0.149. The second-order valence-electron chi connectivity index (χ2n) is 1.62. The zero-order valence-corrected chi connectivity index (χ0v) is 16.9. The van der Waals surface area contributed by atoms with Crippen LogP contribution in [0.4, 0.5) is 0 Å². The molecule has 0 spiro atoms. The van der Waals surface area contributed by atoms with Gasteiger partial charge in [0.15, 0.2) is 0 Å². The van der Waals surface area contributed by atoms with Gasteiger partial charge in [0, 0.05) is 28.4 Å². The number of hydrogen-bond donors (Lipinski definition) is 0. The maximum atomic E-state index is 4.63. The van der Waals surface area contributed by atoms with Crippen molar-refractivity contribution in [1.82, 2.24) is 0 Å². The predicted octanol–water partition coefficient (Wildman–Crippen LogP) is 2.73. The average Bonchev–Trinajstić information content (AvgIpc) is 2.19. The van der Waals surface area contributed by atoms with Crippen LogP contribution < -0.4 is 0 Å². The molecule has 0 aromatic carbocycles. The van der Waals surface area contributed by atoms with Gasteiger partial charge in [0.1, 0.15) is 0 Å². The molecule has 0 heterocycles. The average molecular weight is 396 g/mol. The van der Waals surface area contributed by atoms with Crippen LogP contribution in [0.2, 0.25) is 0 Å². The minimum atomic E-state index is -2.24. The molecule has 16 heavy (non-hydrogen) atoms. The topological polar surface area (TPSA) is 36.9 Å². The second-order valence-corrected chi connectivity index (χ2v) is 12.0. The van der Waals surface area contributed by atoms with Crippen molar-refractivity contribution in [3.8, 4) is 0 Å². The smallest absolute Gasteiger partial charge is 0.691 e. The zero-order valence-electron chi connectivity index (χ0n) is 8.87. The van der Waals surface area contributed by atoms with Gasteiger partial charge in [0.05, 0.1) is 11.4 Å². The molecule has 0 aliphatic carbocycles. The molecule has 11 heteroatoms. The molecule has 0 unspecified atom stereocenters. The summed E-state index contributed by atoms with van der Waals surface area (Å²) in [6.07, 6.45) is 0. The molecule has 0 amide bonds. The van der Waals surface area contributed by atoms with Crippen molar-refractivity contribution >= 4 is 59.5 Å².